The molecule has 0 bridgehead atoms. The third-order valence-corrected chi connectivity index (χ3v) is 5.58. The highest BCUT2D eigenvalue weighted by molar-refractivity contribution is 6.06. The molecule has 14 heteroatoms. The van der Waals surface area contributed by atoms with Crippen LogP contribution >= 0.6 is 0 Å². The molecular formula is C27H26F4N6O4. The fraction of sp³-hybridized carbons (Fsp3) is 0.222. The number of ether oxygens (including phenoxy) is 1. The van der Waals surface area contributed by atoms with Gasteiger partial charge in [0.1, 0.15) is 23.4 Å². The first-order chi connectivity index (χ1) is 19.6. The minimum absolute atomic E-state index is 0.0603. The average Bonchev–Trinajstić information content (AvgIpc) is 3.39. The lowest BCUT2D eigenvalue weighted by Crippen LogP contribution is -2.25. The molecule has 41 heavy (non-hydrogen) atoms. The summed E-state index contributed by atoms with van der Waals surface area (Å²) in [4.78, 5) is 45.5. The van der Waals surface area contributed by atoms with Gasteiger partial charge in [-0.25, -0.2) is 14.4 Å². The van der Waals surface area contributed by atoms with Crippen molar-refractivity contribution in [2.75, 3.05) is 20.7 Å². The molecule has 4 rings (SSSR count). The number of aromatic nitrogens is 3. The van der Waals surface area contributed by atoms with E-state index in [9.17, 15) is 31.9 Å². The maximum absolute atomic E-state index is 12.8. The molecule has 2 heterocycles. The Morgan fingerprint density at radius 3 is 2.37 bits per heavy atom. The van der Waals surface area contributed by atoms with Gasteiger partial charge in [0.2, 0.25) is 0 Å². The van der Waals surface area contributed by atoms with E-state index in [1.807, 2.05) is 0 Å². The molecule has 0 aliphatic rings. The van der Waals surface area contributed by atoms with E-state index < -0.39 is 17.6 Å². The van der Waals surface area contributed by atoms with Gasteiger partial charge in [-0.15, -0.1) is 0 Å². The number of carbonyl (C=O) groups excluding carboxylic acids is 3. The summed E-state index contributed by atoms with van der Waals surface area (Å²) in [5.74, 6) is -1.29. The van der Waals surface area contributed by atoms with E-state index in [-0.39, 0.29) is 37.2 Å². The first kappa shape index (κ1) is 30.7. The average molecular weight is 575 g/mol. The topological polar surface area (TPSA) is 138 Å². The number of amides is 2. The minimum atomic E-state index is -4.63. The number of nitrogens with one attached hydrogen (secondary N) is 4. The maximum atomic E-state index is 12.8. The van der Waals surface area contributed by atoms with E-state index in [0.29, 0.717) is 34.2 Å². The predicted molar refractivity (Wildman–Crippen MR) is 141 cm³/mol. The molecule has 0 aliphatic carbocycles. The largest absolute Gasteiger partial charge is 0.484 e. The molecule has 0 unspecified atom stereocenters. The number of aromatic amines is 1. The molecule has 2 amide bonds. The lowest BCUT2D eigenvalue weighted by Gasteiger charge is -2.09. The summed E-state index contributed by atoms with van der Waals surface area (Å²) in [6.07, 6.45) is -1.23. The molecular weight excluding hydrogens is 548 g/mol. The van der Waals surface area contributed by atoms with Gasteiger partial charge in [-0.2, -0.15) is 13.2 Å². The number of aldehydes is 1. The quantitative estimate of drug-likeness (QED) is 0.178. The zero-order valence-corrected chi connectivity index (χ0v) is 21.9. The number of nitrogens with zero attached hydrogens (tertiary/aromatic N) is 2. The van der Waals surface area contributed by atoms with Crippen molar-refractivity contribution in [3.63, 3.8) is 0 Å². The van der Waals surface area contributed by atoms with Gasteiger partial charge in [-0.3, -0.25) is 14.4 Å². The molecule has 0 atom stereocenters. The van der Waals surface area contributed by atoms with Crippen molar-refractivity contribution < 1.29 is 36.7 Å². The summed E-state index contributed by atoms with van der Waals surface area (Å²) in [7, 11) is 3.15. The standard InChI is InChI=1S/C18H17N5O4.C9H9F4N/c1-19-14(25)9-27-13-4-2-11(3-5-13)6-21-18(26)17-16-15(22-10-23-17)12(8-24)7-20-16;1-14-5-6-2-3-8(10)7(4-6)9(11,12)13/h2-5,7-8,10,20H,6,9H2,1H3,(H,19,25)(H,21,26);2-4,14H,5H2,1H3. The molecule has 4 N–H and O–H groups in total. The Balaban J connectivity index is 0.000000278. The zero-order chi connectivity index (χ0) is 30.0. The first-order valence-electron chi connectivity index (χ1n) is 12.0. The van der Waals surface area contributed by atoms with E-state index in [4.69, 9.17) is 4.74 Å². The molecule has 0 fully saturated rings. The maximum Gasteiger partial charge on any atom is 0.419 e. The summed E-state index contributed by atoms with van der Waals surface area (Å²) in [5, 5.41) is 7.93. The van der Waals surface area contributed by atoms with Crippen LogP contribution in [0.1, 0.15) is 37.5 Å². The summed E-state index contributed by atoms with van der Waals surface area (Å²) >= 11 is 0. The van der Waals surface area contributed by atoms with Crippen molar-refractivity contribution >= 4 is 29.1 Å². The number of hydrogen-bond donors (Lipinski definition) is 4. The smallest absolute Gasteiger partial charge is 0.419 e. The molecule has 2 aromatic heterocycles. The molecule has 216 valence electrons. The summed E-state index contributed by atoms with van der Waals surface area (Å²) in [6, 6.07) is 9.97. The Kier molecular flexibility index (Phi) is 10.5. The van der Waals surface area contributed by atoms with Gasteiger partial charge in [0.25, 0.3) is 11.8 Å². The van der Waals surface area contributed by atoms with Crippen LogP contribution in [-0.2, 0) is 24.1 Å². The molecule has 4 aromatic rings. The summed E-state index contributed by atoms with van der Waals surface area (Å²) in [5.41, 5.74) is 1.39. The van der Waals surface area contributed by atoms with Gasteiger partial charge in [-0.1, -0.05) is 18.2 Å². The number of H-pyrrole nitrogens is 1. The van der Waals surface area contributed by atoms with Gasteiger partial charge in [-0.05, 0) is 42.4 Å². The monoisotopic (exact) mass is 574 g/mol. The Labute approximate surface area is 231 Å². The highest BCUT2D eigenvalue weighted by atomic mass is 19.4. The van der Waals surface area contributed by atoms with Crippen LogP contribution in [0.5, 0.6) is 5.75 Å². The molecule has 0 saturated carbocycles. The minimum Gasteiger partial charge on any atom is -0.484 e. The van der Waals surface area contributed by atoms with Crippen molar-refractivity contribution in [3.05, 3.63) is 88.8 Å². The molecule has 0 saturated heterocycles. The second kappa shape index (κ2) is 14.0. The predicted octanol–water partition coefficient (Wildman–Crippen LogP) is 3.39. The van der Waals surface area contributed by atoms with Crippen LogP contribution in [0.25, 0.3) is 11.0 Å². The van der Waals surface area contributed by atoms with Crippen LogP contribution in [0.15, 0.2) is 55.0 Å². The second-order valence-electron chi connectivity index (χ2n) is 8.44. The van der Waals surface area contributed by atoms with Crippen molar-refractivity contribution in [1.82, 2.24) is 30.9 Å². The van der Waals surface area contributed by atoms with E-state index >= 15 is 0 Å². The van der Waals surface area contributed by atoms with Crippen LogP contribution in [0.4, 0.5) is 17.6 Å². The fourth-order valence-electron chi connectivity index (χ4n) is 3.52. The molecule has 2 aromatic carbocycles. The van der Waals surface area contributed by atoms with Gasteiger partial charge in [0.05, 0.1) is 16.6 Å². The molecule has 0 radical (unpaired) electrons. The Hall–Kier alpha value is -4.85. The number of benzene rings is 2. The van der Waals surface area contributed by atoms with Crippen molar-refractivity contribution in [1.29, 1.82) is 0 Å². The van der Waals surface area contributed by atoms with Crippen molar-refractivity contribution in [2.24, 2.45) is 0 Å². The number of hydrogen-bond acceptors (Lipinski definition) is 7. The number of fused-ring (bicyclic) bond motifs is 1. The summed E-state index contributed by atoms with van der Waals surface area (Å²) in [6.45, 7) is 0.500. The third kappa shape index (κ3) is 8.32. The van der Waals surface area contributed by atoms with Crippen molar-refractivity contribution in [2.45, 2.75) is 19.3 Å². The van der Waals surface area contributed by atoms with Crippen LogP contribution in [0.3, 0.4) is 0 Å². The Bertz CT molecular complexity index is 1510. The lowest BCUT2D eigenvalue weighted by molar-refractivity contribution is -0.140. The van der Waals surface area contributed by atoms with Gasteiger partial charge in [0.15, 0.2) is 18.6 Å². The number of halogens is 4. The van der Waals surface area contributed by atoms with Crippen LogP contribution in [0.2, 0.25) is 0 Å². The van der Waals surface area contributed by atoms with Crippen LogP contribution < -0.4 is 20.7 Å². The van der Waals surface area contributed by atoms with Crippen molar-refractivity contribution in [3.8, 4) is 5.75 Å². The zero-order valence-electron chi connectivity index (χ0n) is 21.9. The van der Waals surface area contributed by atoms with E-state index in [2.05, 4.69) is 30.9 Å². The normalized spacial score (nSPS) is 10.9. The fourth-order valence-corrected chi connectivity index (χ4v) is 3.52. The lowest BCUT2D eigenvalue weighted by atomic mass is 10.1. The highest BCUT2D eigenvalue weighted by Crippen LogP contribution is 2.31. The molecule has 0 aliphatic heterocycles. The van der Waals surface area contributed by atoms with E-state index in [0.717, 1.165) is 17.7 Å². The molecule has 0 spiro atoms. The van der Waals surface area contributed by atoms with Gasteiger partial charge in [0, 0.05) is 26.3 Å². The second-order valence-corrected chi connectivity index (χ2v) is 8.44. The van der Waals surface area contributed by atoms with Gasteiger partial charge < -0.3 is 25.7 Å². The Morgan fingerprint density at radius 1 is 1.02 bits per heavy atom. The number of carbonyl (C=O) groups is 3. The van der Waals surface area contributed by atoms with Crippen LogP contribution in [-0.4, -0.2) is 53.8 Å². The summed E-state index contributed by atoms with van der Waals surface area (Å²) < 4.78 is 54.7. The van der Waals surface area contributed by atoms with E-state index in [1.165, 1.54) is 25.6 Å². The number of alkyl halides is 3. The number of likely N-dealkylation sites (N-methyl/N-ethyl adjacent to an activating group) is 1. The Morgan fingerprint density at radius 2 is 1.73 bits per heavy atom. The number of rotatable bonds is 9. The van der Waals surface area contributed by atoms with Crippen LogP contribution in [0, 0.1) is 5.82 Å². The highest BCUT2D eigenvalue weighted by Gasteiger charge is 2.34. The van der Waals surface area contributed by atoms with Gasteiger partial charge >= 0.3 is 6.18 Å². The third-order valence-electron chi connectivity index (χ3n) is 5.58. The van der Waals surface area contributed by atoms with E-state index in [1.54, 1.807) is 31.3 Å². The SMILES string of the molecule is CNC(=O)COc1ccc(CNC(=O)c2ncnc3c(C=O)c[nH]c23)cc1.CNCc1ccc(F)c(C(F)(F)F)c1. The first-order valence-corrected chi connectivity index (χ1v) is 12.0. The molecule has 10 nitrogen and oxygen atoms in total.